The Kier molecular flexibility index (Phi) is 4.68. The first-order valence-electron chi connectivity index (χ1n) is 9.16. The number of benzene rings is 1. The number of imidazole rings is 1. The Morgan fingerprint density at radius 3 is 2.79 bits per heavy atom. The molecule has 0 amide bonds. The zero-order chi connectivity index (χ0) is 19.7. The van der Waals surface area contributed by atoms with Crippen molar-refractivity contribution in [2.24, 2.45) is 0 Å². The highest BCUT2D eigenvalue weighted by Gasteiger charge is 2.23. The molecule has 0 N–H and O–H groups in total. The number of nitro groups is 1. The largest absolute Gasteiger partial charge is 0.455 e. The fraction of sp³-hybridized carbons (Fsp3) is 0.300. The number of hydrogen-bond acceptors (Lipinski definition) is 6. The Hall–Kier alpha value is -3.42. The quantitative estimate of drug-likeness (QED) is 0.382. The van der Waals surface area contributed by atoms with E-state index in [1.54, 1.807) is 6.07 Å². The molecule has 0 atom stereocenters. The van der Waals surface area contributed by atoms with Gasteiger partial charge in [-0.2, -0.15) is 0 Å². The average molecular weight is 380 g/mol. The monoisotopic (exact) mass is 380 g/mol. The molecule has 0 spiro atoms. The third kappa shape index (κ3) is 3.40. The molecular weight excluding hydrogens is 360 g/mol. The van der Waals surface area contributed by atoms with Gasteiger partial charge in [0.25, 0.3) is 5.69 Å². The molecule has 1 fully saturated rings. The second kappa shape index (κ2) is 7.30. The normalized spacial score (nSPS) is 13.8. The highest BCUT2D eigenvalue weighted by Crippen LogP contribution is 2.29. The maximum absolute atomic E-state index is 12.7. The lowest BCUT2D eigenvalue weighted by Gasteiger charge is -2.20. The van der Waals surface area contributed by atoms with E-state index in [4.69, 9.17) is 4.74 Å². The molecule has 28 heavy (non-hydrogen) atoms. The van der Waals surface area contributed by atoms with E-state index in [2.05, 4.69) is 9.88 Å². The van der Waals surface area contributed by atoms with Gasteiger partial charge in [-0.15, -0.1) is 0 Å². The minimum absolute atomic E-state index is 0.00207. The van der Waals surface area contributed by atoms with Crippen LogP contribution < -0.4 is 4.90 Å². The molecular formula is C20H20N4O4. The van der Waals surface area contributed by atoms with Gasteiger partial charge in [0.05, 0.1) is 21.9 Å². The number of rotatable bonds is 5. The van der Waals surface area contributed by atoms with E-state index in [0.29, 0.717) is 11.4 Å². The lowest BCUT2D eigenvalue weighted by molar-refractivity contribution is -0.384. The Morgan fingerprint density at radius 2 is 2.07 bits per heavy atom. The molecule has 2 aromatic heterocycles. The predicted octanol–water partition coefficient (Wildman–Crippen LogP) is 3.51. The molecule has 1 saturated heterocycles. The Morgan fingerprint density at radius 1 is 1.29 bits per heavy atom. The number of hydrogen-bond donors (Lipinski definition) is 0. The molecule has 4 rings (SSSR count). The topological polar surface area (TPSA) is 90.0 Å². The minimum Gasteiger partial charge on any atom is -0.455 e. The van der Waals surface area contributed by atoms with Gasteiger partial charge in [-0.3, -0.25) is 10.1 Å². The van der Waals surface area contributed by atoms with Gasteiger partial charge in [0.2, 0.25) is 0 Å². The van der Waals surface area contributed by atoms with Crippen molar-refractivity contribution in [3.63, 3.8) is 0 Å². The summed E-state index contributed by atoms with van der Waals surface area (Å²) in [5.74, 6) is -0.584. The second-order valence-electron chi connectivity index (χ2n) is 6.88. The highest BCUT2D eigenvalue weighted by atomic mass is 16.6. The number of aryl methyl sites for hydroxylation is 1. The van der Waals surface area contributed by atoms with E-state index >= 15 is 0 Å². The summed E-state index contributed by atoms with van der Waals surface area (Å²) < 4.78 is 7.33. The molecule has 0 radical (unpaired) electrons. The maximum Gasteiger partial charge on any atom is 0.340 e. The van der Waals surface area contributed by atoms with Gasteiger partial charge in [0, 0.05) is 37.6 Å². The van der Waals surface area contributed by atoms with Gasteiger partial charge in [-0.05, 0) is 37.5 Å². The lowest BCUT2D eigenvalue weighted by Crippen LogP contribution is -2.21. The van der Waals surface area contributed by atoms with Crippen molar-refractivity contribution in [2.75, 3.05) is 18.0 Å². The smallest absolute Gasteiger partial charge is 0.340 e. The van der Waals surface area contributed by atoms with Gasteiger partial charge in [-0.25, -0.2) is 9.78 Å². The van der Waals surface area contributed by atoms with Crippen LogP contribution >= 0.6 is 0 Å². The van der Waals surface area contributed by atoms with Gasteiger partial charge in [0.15, 0.2) is 0 Å². The summed E-state index contributed by atoms with van der Waals surface area (Å²) >= 11 is 0. The lowest BCUT2D eigenvalue weighted by atomic mass is 10.1. The number of nitrogens with zero attached hydrogens (tertiary/aromatic N) is 4. The number of ether oxygens (including phenoxy) is 1. The van der Waals surface area contributed by atoms with E-state index in [-0.39, 0.29) is 17.9 Å². The first-order chi connectivity index (χ1) is 13.5. The van der Waals surface area contributed by atoms with Gasteiger partial charge >= 0.3 is 5.97 Å². The van der Waals surface area contributed by atoms with Crippen LogP contribution in [0.25, 0.3) is 5.65 Å². The van der Waals surface area contributed by atoms with Crippen molar-refractivity contribution in [1.29, 1.82) is 0 Å². The van der Waals surface area contributed by atoms with Crippen LogP contribution in [0.3, 0.4) is 0 Å². The first kappa shape index (κ1) is 18.0. The standard InChI is InChI=1S/C20H20N4O4/c1-14-5-4-10-23-12-15(21-19(14)23)13-28-20(25)17-11-16(24(26)27)6-7-18(17)22-8-2-3-9-22/h4-7,10-12H,2-3,8-9,13H2,1H3. The molecule has 3 aromatic rings. The summed E-state index contributed by atoms with van der Waals surface area (Å²) in [6.45, 7) is 3.61. The van der Waals surface area contributed by atoms with Gasteiger partial charge < -0.3 is 14.0 Å². The minimum atomic E-state index is -0.584. The van der Waals surface area contributed by atoms with Crippen molar-refractivity contribution in [2.45, 2.75) is 26.4 Å². The van der Waals surface area contributed by atoms with E-state index in [0.717, 1.165) is 37.1 Å². The molecule has 1 aliphatic heterocycles. The second-order valence-corrected chi connectivity index (χ2v) is 6.88. The van der Waals surface area contributed by atoms with Crippen LogP contribution in [0.4, 0.5) is 11.4 Å². The number of carbonyl (C=O) groups excluding carboxylic acids is 1. The molecule has 8 nitrogen and oxygen atoms in total. The summed E-state index contributed by atoms with van der Waals surface area (Å²) in [6.07, 6.45) is 5.76. The molecule has 1 aromatic carbocycles. The Labute approximate surface area is 161 Å². The zero-order valence-electron chi connectivity index (χ0n) is 15.5. The van der Waals surface area contributed by atoms with Crippen LogP contribution in [0.2, 0.25) is 0 Å². The van der Waals surface area contributed by atoms with E-state index in [9.17, 15) is 14.9 Å². The third-order valence-corrected chi connectivity index (χ3v) is 4.94. The Bertz CT molecular complexity index is 1050. The molecule has 3 heterocycles. The SMILES string of the molecule is Cc1cccn2cc(COC(=O)c3cc([N+](=O)[O-])ccc3N3CCCC3)nc12. The molecule has 144 valence electrons. The molecule has 0 bridgehead atoms. The van der Waals surface area contributed by atoms with Crippen LogP contribution in [-0.2, 0) is 11.3 Å². The van der Waals surface area contributed by atoms with Crippen molar-refractivity contribution in [1.82, 2.24) is 9.38 Å². The summed E-state index contributed by atoms with van der Waals surface area (Å²) in [5, 5.41) is 11.1. The zero-order valence-corrected chi connectivity index (χ0v) is 15.5. The molecule has 1 aliphatic rings. The van der Waals surface area contributed by atoms with Crippen LogP contribution in [0, 0.1) is 17.0 Å². The van der Waals surface area contributed by atoms with Crippen LogP contribution in [-0.4, -0.2) is 33.4 Å². The van der Waals surface area contributed by atoms with Gasteiger partial charge in [0.1, 0.15) is 12.3 Å². The fourth-order valence-electron chi connectivity index (χ4n) is 3.53. The fourth-order valence-corrected chi connectivity index (χ4v) is 3.53. The number of esters is 1. The number of aromatic nitrogens is 2. The van der Waals surface area contributed by atoms with E-state index < -0.39 is 10.9 Å². The number of carbonyl (C=O) groups is 1. The number of non-ortho nitro benzene ring substituents is 1. The number of nitro benzene ring substituents is 1. The molecule has 0 aliphatic carbocycles. The summed E-state index contributed by atoms with van der Waals surface area (Å²) in [7, 11) is 0. The van der Waals surface area contributed by atoms with Crippen molar-refractivity contribution < 1.29 is 14.5 Å². The predicted molar refractivity (Wildman–Crippen MR) is 104 cm³/mol. The number of anilines is 1. The van der Waals surface area contributed by atoms with E-state index in [1.807, 2.05) is 35.9 Å². The summed E-state index contributed by atoms with van der Waals surface area (Å²) in [4.78, 5) is 29.9. The number of pyridine rings is 1. The Balaban J connectivity index is 1.58. The van der Waals surface area contributed by atoms with Crippen molar-refractivity contribution in [3.8, 4) is 0 Å². The van der Waals surface area contributed by atoms with Gasteiger partial charge in [-0.1, -0.05) is 6.07 Å². The highest BCUT2D eigenvalue weighted by molar-refractivity contribution is 5.96. The van der Waals surface area contributed by atoms with Crippen LogP contribution in [0.5, 0.6) is 0 Å². The first-order valence-corrected chi connectivity index (χ1v) is 9.16. The third-order valence-electron chi connectivity index (χ3n) is 4.94. The molecule has 8 heteroatoms. The maximum atomic E-state index is 12.7. The summed E-state index contributed by atoms with van der Waals surface area (Å²) in [6, 6.07) is 8.24. The van der Waals surface area contributed by atoms with Crippen molar-refractivity contribution in [3.05, 3.63) is 69.7 Å². The van der Waals surface area contributed by atoms with Crippen LogP contribution in [0.1, 0.15) is 34.5 Å². The van der Waals surface area contributed by atoms with Crippen LogP contribution in [0.15, 0.2) is 42.7 Å². The molecule has 0 saturated carbocycles. The van der Waals surface area contributed by atoms with E-state index in [1.165, 1.54) is 12.1 Å². The average Bonchev–Trinajstić information content (AvgIpc) is 3.36. The van der Waals surface area contributed by atoms with Crippen molar-refractivity contribution >= 4 is 23.0 Å². The molecule has 0 unspecified atom stereocenters. The summed E-state index contributed by atoms with van der Waals surface area (Å²) in [5.41, 5.74) is 3.22. The number of fused-ring (bicyclic) bond motifs is 1.